The van der Waals surface area contributed by atoms with Crippen LogP contribution in [0.15, 0.2) is 48.5 Å². The molecule has 2 aromatic rings. The summed E-state index contributed by atoms with van der Waals surface area (Å²) in [6.45, 7) is 0.212. The number of hydrogen-bond donors (Lipinski definition) is 2. The molecule has 7 heteroatoms. The lowest BCUT2D eigenvalue weighted by atomic mass is 10.2. The molecule has 0 saturated carbocycles. The van der Waals surface area contributed by atoms with Crippen molar-refractivity contribution in [1.29, 1.82) is 0 Å². The van der Waals surface area contributed by atoms with Crippen LogP contribution in [0.1, 0.15) is 5.56 Å². The molecule has 0 heterocycles. The second-order valence-electron chi connectivity index (χ2n) is 5.54. The van der Waals surface area contributed by atoms with Crippen LogP contribution in [0.25, 0.3) is 0 Å². The van der Waals surface area contributed by atoms with E-state index in [1.165, 1.54) is 23.1 Å². The van der Waals surface area contributed by atoms with Crippen LogP contribution in [0.4, 0.5) is 14.9 Å². The molecule has 0 aromatic heterocycles. The zero-order chi connectivity index (χ0) is 18.2. The lowest BCUT2D eigenvalue weighted by molar-refractivity contribution is -0.130. The minimum absolute atomic E-state index is 0.0516. The fraction of sp³-hybridized carbons (Fsp3) is 0.222. The Morgan fingerprint density at radius 3 is 2.60 bits per heavy atom. The van der Waals surface area contributed by atoms with Gasteiger partial charge in [-0.05, 0) is 35.9 Å². The second-order valence-corrected chi connectivity index (χ2v) is 5.54. The van der Waals surface area contributed by atoms with Gasteiger partial charge < -0.3 is 20.3 Å². The number of halogens is 1. The molecule has 6 nitrogen and oxygen atoms in total. The van der Waals surface area contributed by atoms with Crippen molar-refractivity contribution in [2.75, 3.05) is 26.0 Å². The predicted molar refractivity (Wildman–Crippen MR) is 92.9 cm³/mol. The molecular formula is C18H20FN3O3. The third-order valence-electron chi connectivity index (χ3n) is 3.30. The van der Waals surface area contributed by atoms with E-state index in [4.69, 9.17) is 4.74 Å². The number of carbonyl (C=O) groups excluding carboxylic acids is 2. The molecule has 2 N–H and O–H groups in total. The predicted octanol–water partition coefficient (Wildman–Crippen LogP) is 2.61. The van der Waals surface area contributed by atoms with E-state index in [0.717, 1.165) is 5.56 Å². The smallest absolute Gasteiger partial charge is 0.319 e. The number of hydrogen-bond acceptors (Lipinski definition) is 3. The van der Waals surface area contributed by atoms with Gasteiger partial charge in [-0.15, -0.1) is 0 Å². The van der Waals surface area contributed by atoms with Crippen molar-refractivity contribution in [2.24, 2.45) is 0 Å². The molecule has 0 bridgehead atoms. The number of likely N-dealkylation sites (N-methyl/N-ethyl adjacent to an activating group) is 1. The molecular weight excluding hydrogens is 325 g/mol. The Hall–Kier alpha value is -3.09. The highest BCUT2D eigenvalue weighted by Gasteiger charge is 2.06. The molecule has 0 atom stereocenters. The SMILES string of the molecule is CN(C)C(=O)COc1cccc(CNC(=O)Nc2cccc(F)c2)c1. The molecule has 2 aromatic carbocycles. The standard InChI is InChI=1S/C18H20FN3O3/c1-22(2)17(23)12-25-16-8-3-5-13(9-16)11-20-18(24)21-15-7-4-6-14(19)10-15/h3-10H,11-12H2,1-2H3,(H2,20,21,24). The van der Waals surface area contributed by atoms with Crippen molar-refractivity contribution >= 4 is 17.6 Å². The summed E-state index contributed by atoms with van der Waals surface area (Å²) in [6, 6.07) is 12.3. The fourth-order valence-electron chi connectivity index (χ4n) is 1.94. The molecule has 0 aliphatic heterocycles. The Balaban J connectivity index is 1.85. The van der Waals surface area contributed by atoms with Gasteiger partial charge in [0.15, 0.2) is 6.61 Å². The normalized spacial score (nSPS) is 10.0. The molecule has 0 aliphatic rings. The van der Waals surface area contributed by atoms with Crippen molar-refractivity contribution in [3.63, 3.8) is 0 Å². The number of ether oxygens (including phenoxy) is 1. The monoisotopic (exact) mass is 345 g/mol. The molecule has 0 fully saturated rings. The van der Waals surface area contributed by atoms with Crippen molar-refractivity contribution in [3.05, 3.63) is 59.9 Å². The molecule has 0 spiro atoms. The lowest BCUT2D eigenvalue weighted by Crippen LogP contribution is -2.28. The van der Waals surface area contributed by atoms with Gasteiger partial charge in [-0.1, -0.05) is 18.2 Å². The van der Waals surface area contributed by atoms with Crippen LogP contribution in [-0.2, 0) is 11.3 Å². The number of nitrogens with one attached hydrogen (secondary N) is 2. The van der Waals surface area contributed by atoms with Gasteiger partial charge in [-0.3, -0.25) is 4.79 Å². The second kappa shape index (κ2) is 8.68. The van der Waals surface area contributed by atoms with Crippen LogP contribution in [0.5, 0.6) is 5.75 Å². The zero-order valence-corrected chi connectivity index (χ0v) is 14.1. The first-order valence-corrected chi connectivity index (χ1v) is 7.66. The number of nitrogens with zero attached hydrogens (tertiary/aromatic N) is 1. The largest absolute Gasteiger partial charge is 0.484 e. The van der Waals surface area contributed by atoms with Crippen LogP contribution >= 0.6 is 0 Å². The summed E-state index contributed by atoms with van der Waals surface area (Å²) in [5, 5.41) is 5.22. The van der Waals surface area contributed by atoms with Crippen LogP contribution in [0, 0.1) is 5.82 Å². The minimum Gasteiger partial charge on any atom is -0.484 e. The third-order valence-corrected chi connectivity index (χ3v) is 3.30. The van der Waals surface area contributed by atoms with Crippen molar-refractivity contribution in [1.82, 2.24) is 10.2 Å². The maximum Gasteiger partial charge on any atom is 0.319 e. The number of urea groups is 1. The molecule has 0 radical (unpaired) electrons. The average Bonchev–Trinajstić information content (AvgIpc) is 2.58. The Morgan fingerprint density at radius 1 is 1.12 bits per heavy atom. The molecule has 132 valence electrons. The summed E-state index contributed by atoms with van der Waals surface area (Å²) in [4.78, 5) is 24.8. The van der Waals surface area contributed by atoms with E-state index < -0.39 is 11.8 Å². The highest BCUT2D eigenvalue weighted by Crippen LogP contribution is 2.13. The van der Waals surface area contributed by atoms with E-state index >= 15 is 0 Å². The fourth-order valence-corrected chi connectivity index (χ4v) is 1.94. The highest BCUT2D eigenvalue weighted by atomic mass is 19.1. The summed E-state index contributed by atoms with van der Waals surface area (Å²) in [6.07, 6.45) is 0. The summed E-state index contributed by atoms with van der Waals surface area (Å²) >= 11 is 0. The molecule has 2 rings (SSSR count). The van der Waals surface area contributed by atoms with E-state index in [1.54, 1.807) is 38.4 Å². The zero-order valence-electron chi connectivity index (χ0n) is 14.1. The number of benzene rings is 2. The molecule has 25 heavy (non-hydrogen) atoms. The van der Waals surface area contributed by atoms with Gasteiger partial charge in [0.1, 0.15) is 11.6 Å². The van der Waals surface area contributed by atoms with Gasteiger partial charge in [0.25, 0.3) is 5.91 Å². The molecule has 0 aliphatic carbocycles. The van der Waals surface area contributed by atoms with Crippen molar-refractivity contribution in [2.45, 2.75) is 6.54 Å². The Morgan fingerprint density at radius 2 is 1.88 bits per heavy atom. The van der Waals surface area contributed by atoms with Gasteiger partial charge >= 0.3 is 6.03 Å². The van der Waals surface area contributed by atoms with Crippen LogP contribution in [0.3, 0.4) is 0 Å². The molecule has 0 saturated heterocycles. The Labute approximate surface area is 145 Å². The van der Waals surface area contributed by atoms with Crippen LogP contribution in [0.2, 0.25) is 0 Å². The number of amides is 3. The minimum atomic E-state index is -0.445. The first-order valence-electron chi connectivity index (χ1n) is 7.66. The summed E-state index contributed by atoms with van der Waals surface area (Å²) in [5.41, 5.74) is 1.18. The topological polar surface area (TPSA) is 70.7 Å². The maximum atomic E-state index is 13.1. The first-order chi connectivity index (χ1) is 11.9. The van der Waals surface area contributed by atoms with Gasteiger partial charge in [-0.2, -0.15) is 0 Å². The van der Waals surface area contributed by atoms with E-state index in [0.29, 0.717) is 11.4 Å². The summed E-state index contributed by atoms with van der Waals surface area (Å²) < 4.78 is 18.5. The average molecular weight is 345 g/mol. The van der Waals surface area contributed by atoms with E-state index in [9.17, 15) is 14.0 Å². The third kappa shape index (κ3) is 6.14. The highest BCUT2D eigenvalue weighted by molar-refractivity contribution is 5.89. The van der Waals surface area contributed by atoms with E-state index in [2.05, 4.69) is 10.6 Å². The van der Waals surface area contributed by atoms with Crippen LogP contribution in [-0.4, -0.2) is 37.5 Å². The summed E-state index contributed by atoms with van der Waals surface area (Å²) in [5.74, 6) is -0.0204. The van der Waals surface area contributed by atoms with Crippen molar-refractivity contribution in [3.8, 4) is 5.75 Å². The number of carbonyl (C=O) groups is 2. The molecule has 0 unspecified atom stereocenters. The molecule has 3 amide bonds. The Bertz CT molecular complexity index is 750. The van der Waals surface area contributed by atoms with Gasteiger partial charge in [0.05, 0.1) is 0 Å². The van der Waals surface area contributed by atoms with Gasteiger partial charge in [-0.25, -0.2) is 9.18 Å². The number of anilines is 1. The Kier molecular flexibility index (Phi) is 6.33. The van der Waals surface area contributed by atoms with Gasteiger partial charge in [0.2, 0.25) is 0 Å². The van der Waals surface area contributed by atoms with Crippen LogP contribution < -0.4 is 15.4 Å². The van der Waals surface area contributed by atoms with E-state index in [1.807, 2.05) is 6.07 Å². The number of rotatable bonds is 6. The van der Waals surface area contributed by atoms with Gasteiger partial charge in [0, 0.05) is 26.3 Å². The quantitative estimate of drug-likeness (QED) is 0.845. The summed E-state index contributed by atoms with van der Waals surface area (Å²) in [7, 11) is 3.31. The maximum absolute atomic E-state index is 13.1. The lowest BCUT2D eigenvalue weighted by Gasteiger charge is -2.12. The van der Waals surface area contributed by atoms with Crippen molar-refractivity contribution < 1.29 is 18.7 Å². The van der Waals surface area contributed by atoms with E-state index in [-0.39, 0.29) is 19.1 Å². The first kappa shape index (κ1) is 18.3.